The summed E-state index contributed by atoms with van der Waals surface area (Å²) >= 11 is 0. The minimum Gasteiger partial charge on any atom is -0.481 e. The molecule has 0 rings (SSSR count). The van der Waals surface area contributed by atoms with Crippen LogP contribution < -0.4 is 6.15 Å². The first-order chi connectivity index (χ1) is 8.77. The van der Waals surface area contributed by atoms with Crippen LogP contribution in [0.15, 0.2) is 12.2 Å². The number of hydrogen-bond donors (Lipinski definition) is 2. The predicted molar refractivity (Wildman–Crippen MR) is 82.9 cm³/mol. The van der Waals surface area contributed by atoms with Gasteiger partial charge in [0.25, 0.3) is 0 Å². The standard InChI is InChI=1S/C16H30O2.H3N/c1-2-3-4-5-6-7-8-9-10-11-12-13-14-15-16(17)18;/h7-8H,2-6,9-15H2,1H3,(H,17,18);1H3/b8-7-;. The maximum Gasteiger partial charge on any atom is 0.303 e. The molecule has 0 radical (unpaired) electrons. The molecule has 0 saturated heterocycles. The molecule has 0 aromatic carbocycles. The van der Waals surface area contributed by atoms with Gasteiger partial charge in [0, 0.05) is 6.42 Å². The molecule has 0 heterocycles. The SMILES string of the molecule is CCCCCC/C=C\CCCCCCCC(=O)O.N. The lowest BCUT2D eigenvalue weighted by Crippen LogP contribution is -1.93. The van der Waals surface area contributed by atoms with Crippen molar-refractivity contribution < 1.29 is 9.90 Å². The number of allylic oxidation sites excluding steroid dienone is 2. The molecule has 0 saturated carbocycles. The number of hydrogen-bond acceptors (Lipinski definition) is 2. The van der Waals surface area contributed by atoms with E-state index in [2.05, 4.69) is 19.1 Å². The van der Waals surface area contributed by atoms with Gasteiger partial charge in [-0.2, -0.15) is 0 Å². The van der Waals surface area contributed by atoms with E-state index >= 15 is 0 Å². The molecular weight excluding hydrogens is 238 g/mol. The summed E-state index contributed by atoms with van der Waals surface area (Å²) in [5.41, 5.74) is 0. The van der Waals surface area contributed by atoms with Gasteiger partial charge in [-0.15, -0.1) is 0 Å². The molecule has 0 aliphatic rings. The quantitative estimate of drug-likeness (QED) is 0.343. The third-order valence-corrected chi connectivity index (χ3v) is 3.15. The fourth-order valence-corrected chi connectivity index (χ4v) is 1.99. The minimum atomic E-state index is -0.666. The lowest BCUT2D eigenvalue weighted by atomic mass is 10.1. The maximum atomic E-state index is 10.3. The molecule has 0 aromatic heterocycles. The molecule has 0 bridgehead atoms. The Morgan fingerprint density at radius 1 is 0.842 bits per heavy atom. The van der Waals surface area contributed by atoms with Crippen LogP contribution in [0, 0.1) is 0 Å². The van der Waals surface area contributed by atoms with Gasteiger partial charge in [0.1, 0.15) is 0 Å². The van der Waals surface area contributed by atoms with Crippen molar-refractivity contribution in [3.8, 4) is 0 Å². The molecule has 3 heteroatoms. The van der Waals surface area contributed by atoms with Crippen molar-refractivity contribution in [1.82, 2.24) is 6.15 Å². The Hall–Kier alpha value is -0.830. The molecule has 3 nitrogen and oxygen atoms in total. The fourth-order valence-electron chi connectivity index (χ4n) is 1.99. The number of unbranched alkanes of at least 4 members (excludes halogenated alkanes) is 9. The molecule has 0 fully saturated rings. The number of carbonyl (C=O) groups is 1. The van der Waals surface area contributed by atoms with Crippen LogP contribution in [0.25, 0.3) is 0 Å². The second-order valence-electron chi connectivity index (χ2n) is 5.02. The van der Waals surface area contributed by atoms with Gasteiger partial charge in [-0.1, -0.05) is 57.6 Å². The number of rotatable bonds is 13. The van der Waals surface area contributed by atoms with Crippen molar-refractivity contribution in [3.63, 3.8) is 0 Å². The largest absolute Gasteiger partial charge is 0.481 e. The summed E-state index contributed by atoms with van der Waals surface area (Å²) in [7, 11) is 0. The van der Waals surface area contributed by atoms with Crippen molar-refractivity contribution >= 4 is 5.97 Å². The Morgan fingerprint density at radius 3 is 1.84 bits per heavy atom. The second kappa shape index (κ2) is 17.2. The van der Waals surface area contributed by atoms with Crippen LogP contribution >= 0.6 is 0 Å². The summed E-state index contributed by atoms with van der Waals surface area (Å²) in [6, 6.07) is 0. The third kappa shape index (κ3) is 19.7. The average molecular weight is 271 g/mol. The molecule has 0 spiro atoms. The zero-order chi connectivity index (χ0) is 13.5. The molecule has 19 heavy (non-hydrogen) atoms. The highest BCUT2D eigenvalue weighted by molar-refractivity contribution is 5.66. The van der Waals surface area contributed by atoms with Gasteiger partial charge in [0.2, 0.25) is 0 Å². The fraction of sp³-hybridized carbons (Fsp3) is 0.812. The van der Waals surface area contributed by atoms with Crippen LogP contribution in [-0.2, 0) is 4.79 Å². The van der Waals surface area contributed by atoms with Gasteiger partial charge in [-0.05, 0) is 32.1 Å². The van der Waals surface area contributed by atoms with Crippen LogP contribution in [0.4, 0.5) is 0 Å². The lowest BCUT2D eigenvalue weighted by Gasteiger charge is -1.98. The van der Waals surface area contributed by atoms with E-state index in [-0.39, 0.29) is 6.15 Å². The number of carboxylic acid groups (broad SMARTS) is 1. The molecule has 0 aromatic rings. The summed E-state index contributed by atoms with van der Waals surface area (Å²) in [5, 5.41) is 8.48. The molecule has 0 unspecified atom stereocenters. The Bertz CT molecular complexity index is 215. The zero-order valence-electron chi connectivity index (χ0n) is 12.7. The first-order valence-corrected chi connectivity index (χ1v) is 7.64. The van der Waals surface area contributed by atoms with Gasteiger partial charge in [-0.25, -0.2) is 0 Å². The van der Waals surface area contributed by atoms with E-state index in [1.54, 1.807) is 0 Å². The first-order valence-electron chi connectivity index (χ1n) is 7.64. The van der Waals surface area contributed by atoms with Gasteiger partial charge in [0.15, 0.2) is 0 Å². The van der Waals surface area contributed by atoms with Gasteiger partial charge in [0.05, 0.1) is 0 Å². The van der Waals surface area contributed by atoms with Crippen molar-refractivity contribution in [2.45, 2.75) is 84.0 Å². The summed E-state index contributed by atoms with van der Waals surface area (Å²) in [5.74, 6) is -0.666. The van der Waals surface area contributed by atoms with E-state index in [4.69, 9.17) is 5.11 Å². The summed E-state index contributed by atoms with van der Waals surface area (Å²) < 4.78 is 0. The third-order valence-electron chi connectivity index (χ3n) is 3.15. The summed E-state index contributed by atoms with van der Waals surface area (Å²) in [4.78, 5) is 10.3. The van der Waals surface area contributed by atoms with Gasteiger partial charge < -0.3 is 11.3 Å². The maximum absolute atomic E-state index is 10.3. The summed E-state index contributed by atoms with van der Waals surface area (Å²) in [6.07, 6.45) is 18.3. The van der Waals surface area contributed by atoms with E-state index < -0.39 is 5.97 Å². The van der Waals surface area contributed by atoms with Gasteiger partial charge in [-0.3, -0.25) is 4.79 Å². The number of carboxylic acids is 1. The van der Waals surface area contributed by atoms with Crippen LogP contribution in [0.1, 0.15) is 84.0 Å². The molecule has 0 amide bonds. The normalized spacial score (nSPS) is 10.6. The zero-order valence-corrected chi connectivity index (χ0v) is 12.7. The van der Waals surface area contributed by atoms with Crippen molar-refractivity contribution in [3.05, 3.63) is 12.2 Å². The van der Waals surface area contributed by atoms with Crippen LogP contribution in [0.5, 0.6) is 0 Å². The van der Waals surface area contributed by atoms with Crippen LogP contribution in [0.3, 0.4) is 0 Å². The molecule has 114 valence electrons. The van der Waals surface area contributed by atoms with Crippen molar-refractivity contribution in [2.24, 2.45) is 0 Å². The highest BCUT2D eigenvalue weighted by Crippen LogP contribution is 2.08. The highest BCUT2D eigenvalue weighted by atomic mass is 16.4. The monoisotopic (exact) mass is 271 g/mol. The Morgan fingerprint density at radius 2 is 1.32 bits per heavy atom. The lowest BCUT2D eigenvalue weighted by molar-refractivity contribution is -0.137. The van der Waals surface area contributed by atoms with E-state index in [0.29, 0.717) is 6.42 Å². The minimum absolute atomic E-state index is 0. The molecule has 0 aliphatic heterocycles. The smallest absolute Gasteiger partial charge is 0.303 e. The Labute approximate surface area is 119 Å². The van der Waals surface area contributed by atoms with Crippen molar-refractivity contribution in [2.75, 3.05) is 0 Å². The van der Waals surface area contributed by atoms with Crippen molar-refractivity contribution in [1.29, 1.82) is 0 Å². The van der Waals surface area contributed by atoms with E-state index in [9.17, 15) is 4.79 Å². The molecule has 0 atom stereocenters. The molecule has 4 N–H and O–H groups in total. The molecular formula is C16H33NO2. The van der Waals surface area contributed by atoms with Gasteiger partial charge >= 0.3 is 5.97 Å². The van der Waals surface area contributed by atoms with E-state index in [1.165, 1.54) is 57.8 Å². The number of aliphatic carboxylic acids is 1. The highest BCUT2D eigenvalue weighted by Gasteiger charge is 1.95. The Kier molecular flexibility index (Phi) is 18.5. The van der Waals surface area contributed by atoms with Crippen LogP contribution in [0.2, 0.25) is 0 Å². The Balaban J connectivity index is 0. The predicted octanol–water partition coefficient (Wildman–Crippen LogP) is 5.49. The molecule has 0 aliphatic carbocycles. The summed E-state index contributed by atoms with van der Waals surface area (Å²) in [6.45, 7) is 2.24. The second-order valence-corrected chi connectivity index (χ2v) is 5.02. The van der Waals surface area contributed by atoms with Crippen LogP contribution in [-0.4, -0.2) is 11.1 Å². The van der Waals surface area contributed by atoms with E-state index in [1.807, 2.05) is 0 Å². The average Bonchev–Trinajstić information content (AvgIpc) is 2.34. The topological polar surface area (TPSA) is 72.3 Å². The first kappa shape index (κ1) is 20.5. The van der Waals surface area contributed by atoms with E-state index in [0.717, 1.165) is 12.8 Å².